The van der Waals surface area contributed by atoms with Crippen molar-refractivity contribution in [3.63, 3.8) is 0 Å². The van der Waals surface area contributed by atoms with E-state index in [1.165, 1.54) is 51.3 Å². The Bertz CT molecular complexity index is 1720. The van der Waals surface area contributed by atoms with E-state index in [0.717, 1.165) is 0 Å². The number of halogens is 4. The molecule has 52 heavy (non-hydrogen) atoms. The maximum atomic E-state index is 14.1. The van der Waals surface area contributed by atoms with Gasteiger partial charge in [0.25, 0.3) is 0 Å². The van der Waals surface area contributed by atoms with Gasteiger partial charge in [-0.25, -0.2) is 4.79 Å². The molecule has 0 heterocycles. The number of benzene rings is 3. The Labute approximate surface area is 306 Å². The van der Waals surface area contributed by atoms with E-state index in [1.54, 1.807) is 63.2 Å². The second-order valence-corrected chi connectivity index (χ2v) is 14.1. The molecule has 3 aromatic carbocycles. The third kappa shape index (κ3) is 12.8. The molecule has 0 fully saturated rings. The van der Waals surface area contributed by atoms with Gasteiger partial charge in [-0.3, -0.25) is 19.2 Å². The van der Waals surface area contributed by atoms with Gasteiger partial charge in [-0.15, -0.1) is 0 Å². The molecule has 9 nitrogen and oxygen atoms in total. The summed E-state index contributed by atoms with van der Waals surface area (Å²) in [6.45, 7) is 7.69. The minimum absolute atomic E-state index is 0.00911. The van der Waals surface area contributed by atoms with E-state index in [9.17, 15) is 37.1 Å². The summed E-state index contributed by atoms with van der Waals surface area (Å²) in [6, 6.07) is 17.2. The number of amides is 1. The molecule has 0 saturated carbocycles. The summed E-state index contributed by atoms with van der Waals surface area (Å²) >= 11 is 6.10. The van der Waals surface area contributed by atoms with Gasteiger partial charge in [0.15, 0.2) is 18.2 Å². The molecular weight excluding hydrogens is 703 g/mol. The van der Waals surface area contributed by atoms with Crippen LogP contribution in [0.4, 0.5) is 13.2 Å². The van der Waals surface area contributed by atoms with Crippen LogP contribution in [0, 0.1) is 17.8 Å². The number of methoxy groups -OCH3 is 1. The maximum absolute atomic E-state index is 14.1. The van der Waals surface area contributed by atoms with Crippen molar-refractivity contribution in [2.24, 2.45) is 17.8 Å². The van der Waals surface area contributed by atoms with Crippen molar-refractivity contribution in [2.45, 2.75) is 71.7 Å². The van der Waals surface area contributed by atoms with Crippen LogP contribution >= 0.6 is 11.6 Å². The van der Waals surface area contributed by atoms with Crippen LogP contribution < -0.4 is 14.8 Å². The molecule has 0 bridgehead atoms. The fraction of sp³-hybridized carbons (Fsp3) is 0.410. The van der Waals surface area contributed by atoms with Crippen LogP contribution in [0.15, 0.2) is 72.8 Å². The minimum atomic E-state index is -5.16. The first-order chi connectivity index (χ1) is 24.3. The van der Waals surface area contributed by atoms with Crippen molar-refractivity contribution in [3.8, 4) is 11.5 Å². The number of ether oxygens (including phenoxy) is 3. The van der Waals surface area contributed by atoms with Crippen molar-refractivity contribution in [2.75, 3.05) is 13.7 Å². The molecule has 280 valence electrons. The van der Waals surface area contributed by atoms with Gasteiger partial charge in [-0.1, -0.05) is 61.8 Å². The van der Waals surface area contributed by atoms with Gasteiger partial charge >= 0.3 is 12.1 Å². The summed E-state index contributed by atoms with van der Waals surface area (Å²) in [4.78, 5) is 65.6. The maximum Gasteiger partial charge on any atom is 0.450 e. The van der Waals surface area contributed by atoms with E-state index in [0.29, 0.717) is 22.1 Å². The SMILES string of the molecule is COc1ccc([C@H](NC(=O)[C@@H](CC(=O)c2cccc(Cl)c2)Cc2ccc(OCC(=O)OC(C)(C)C)cc2)C(=O)C[C@H](C(=O)C(F)(F)F)C(C)C)cc1. The summed E-state index contributed by atoms with van der Waals surface area (Å²) in [5.41, 5.74) is 0.416. The van der Waals surface area contributed by atoms with E-state index in [4.69, 9.17) is 25.8 Å². The lowest BCUT2D eigenvalue weighted by atomic mass is 9.84. The van der Waals surface area contributed by atoms with Gasteiger partial charge in [0.05, 0.1) is 7.11 Å². The highest BCUT2D eigenvalue weighted by molar-refractivity contribution is 6.31. The van der Waals surface area contributed by atoms with Gasteiger partial charge in [0.2, 0.25) is 11.7 Å². The number of esters is 1. The lowest BCUT2D eigenvalue weighted by Gasteiger charge is -2.26. The number of Topliss-reactive ketones (excluding diaryl/α,β-unsaturated/α-hetero) is 3. The average molecular weight is 746 g/mol. The fourth-order valence-corrected chi connectivity index (χ4v) is 5.55. The fourth-order valence-electron chi connectivity index (χ4n) is 5.36. The Morgan fingerprint density at radius 1 is 0.846 bits per heavy atom. The predicted molar refractivity (Wildman–Crippen MR) is 188 cm³/mol. The number of rotatable bonds is 17. The van der Waals surface area contributed by atoms with Gasteiger partial charge < -0.3 is 19.5 Å². The normalized spacial score (nSPS) is 13.4. The largest absolute Gasteiger partial charge is 0.497 e. The van der Waals surface area contributed by atoms with E-state index < -0.39 is 71.2 Å². The Morgan fingerprint density at radius 3 is 2.00 bits per heavy atom. The lowest BCUT2D eigenvalue weighted by Crippen LogP contribution is -2.41. The summed E-state index contributed by atoms with van der Waals surface area (Å²) in [6.07, 6.45) is -6.25. The highest BCUT2D eigenvalue weighted by Crippen LogP contribution is 2.31. The highest BCUT2D eigenvalue weighted by atomic mass is 35.5. The molecule has 0 unspecified atom stereocenters. The molecule has 0 aromatic heterocycles. The molecule has 3 aromatic rings. The van der Waals surface area contributed by atoms with E-state index >= 15 is 0 Å². The second-order valence-electron chi connectivity index (χ2n) is 13.7. The molecule has 0 aliphatic carbocycles. The molecule has 0 aliphatic rings. The second kappa shape index (κ2) is 18.2. The summed E-state index contributed by atoms with van der Waals surface area (Å²) in [5, 5.41) is 2.98. The molecule has 0 saturated heterocycles. The first kappa shape index (κ1) is 41.7. The molecule has 3 atom stereocenters. The predicted octanol–water partition coefficient (Wildman–Crippen LogP) is 7.72. The van der Waals surface area contributed by atoms with Crippen LogP contribution in [0.2, 0.25) is 5.02 Å². The minimum Gasteiger partial charge on any atom is -0.497 e. The standard InChI is InChI=1S/C39H43ClF3NO8/c1-23(2)31(36(48)39(41,42)43)21-33(46)35(25-12-16-29(50-6)17-13-25)44-37(49)27(20-32(45)26-8-7-9-28(40)19-26)18-24-10-14-30(15-11-24)51-22-34(47)52-38(3,4)5/h7-17,19,23,27,31,35H,18,20-22H2,1-6H3,(H,44,49)/t27-,31+,35+/m1/s1. The third-order valence-electron chi connectivity index (χ3n) is 8.03. The van der Waals surface area contributed by atoms with E-state index in [2.05, 4.69) is 5.32 Å². The Morgan fingerprint density at radius 2 is 1.46 bits per heavy atom. The van der Waals surface area contributed by atoms with Gasteiger partial charge in [-0.05, 0) is 80.6 Å². The molecule has 3 rings (SSSR count). The first-order valence-corrected chi connectivity index (χ1v) is 17.0. The number of hydrogen-bond acceptors (Lipinski definition) is 8. The first-order valence-electron chi connectivity index (χ1n) is 16.6. The number of ketones is 3. The Kier molecular flexibility index (Phi) is 14.6. The molecule has 0 radical (unpaired) electrons. The van der Waals surface area contributed by atoms with Crippen LogP contribution in [0.1, 0.15) is 75.0 Å². The summed E-state index contributed by atoms with van der Waals surface area (Å²) in [5.74, 6) is -7.34. The van der Waals surface area contributed by atoms with Crippen molar-refractivity contribution in [3.05, 3.63) is 94.5 Å². The van der Waals surface area contributed by atoms with Crippen LogP contribution in [-0.2, 0) is 30.3 Å². The molecule has 0 aliphatic heterocycles. The average Bonchev–Trinajstić information content (AvgIpc) is 3.07. The molecule has 13 heteroatoms. The number of carbonyl (C=O) groups is 5. The monoisotopic (exact) mass is 745 g/mol. The number of hydrogen-bond donors (Lipinski definition) is 1. The Balaban J connectivity index is 1.93. The number of carbonyl (C=O) groups excluding carboxylic acids is 5. The van der Waals surface area contributed by atoms with Crippen molar-refractivity contribution in [1.29, 1.82) is 0 Å². The zero-order chi connectivity index (χ0) is 38.8. The van der Waals surface area contributed by atoms with E-state index in [-0.39, 0.29) is 30.6 Å². The smallest absolute Gasteiger partial charge is 0.450 e. The van der Waals surface area contributed by atoms with Crippen LogP contribution in [0.3, 0.4) is 0 Å². The lowest BCUT2D eigenvalue weighted by molar-refractivity contribution is -0.177. The van der Waals surface area contributed by atoms with Gasteiger partial charge in [-0.2, -0.15) is 13.2 Å². The molecule has 0 spiro atoms. The number of nitrogens with one attached hydrogen (secondary N) is 1. The van der Waals surface area contributed by atoms with Crippen molar-refractivity contribution >= 4 is 40.8 Å². The summed E-state index contributed by atoms with van der Waals surface area (Å²) < 4.78 is 56.4. The Hall–Kier alpha value is -4.71. The molecular formula is C39H43ClF3NO8. The zero-order valence-electron chi connectivity index (χ0n) is 29.8. The van der Waals surface area contributed by atoms with Crippen LogP contribution in [0.25, 0.3) is 0 Å². The molecule has 1 N–H and O–H groups in total. The zero-order valence-corrected chi connectivity index (χ0v) is 30.6. The van der Waals surface area contributed by atoms with Crippen molar-refractivity contribution < 1.29 is 51.4 Å². The van der Waals surface area contributed by atoms with Crippen molar-refractivity contribution in [1.82, 2.24) is 5.32 Å². The highest BCUT2D eigenvalue weighted by Gasteiger charge is 2.45. The summed E-state index contributed by atoms with van der Waals surface area (Å²) in [7, 11) is 1.43. The van der Waals surface area contributed by atoms with E-state index in [1.807, 2.05) is 0 Å². The van der Waals surface area contributed by atoms with Gasteiger partial charge in [0.1, 0.15) is 23.1 Å². The quantitative estimate of drug-likeness (QED) is 0.110. The van der Waals surface area contributed by atoms with Crippen LogP contribution in [-0.4, -0.2) is 54.7 Å². The van der Waals surface area contributed by atoms with Gasteiger partial charge in [0, 0.05) is 35.3 Å². The number of alkyl halides is 3. The topological polar surface area (TPSA) is 125 Å². The third-order valence-corrected chi connectivity index (χ3v) is 8.27. The molecule has 1 amide bonds. The van der Waals surface area contributed by atoms with Crippen LogP contribution in [0.5, 0.6) is 11.5 Å².